The summed E-state index contributed by atoms with van der Waals surface area (Å²) in [6.07, 6.45) is 0. The van der Waals surface area contributed by atoms with Gasteiger partial charge in [-0.25, -0.2) is 0 Å². The summed E-state index contributed by atoms with van der Waals surface area (Å²) in [5.41, 5.74) is 3.19. The molecule has 1 aromatic carbocycles. The van der Waals surface area contributed by atoms with Gasteiger partial charge in [0.15, 0.2) is 0 Å². The molecule has 2 unspecified atom stereocenters. The zero-order valence-electron chi connectivity index (χ0n) is 9.08. The van der Waals surface area contributed by atoms with Crippen molar-refractivity contribution in [3.63, 3.8) is 0 Å². The van der Waals surface area contributed by atoms with E-state index in [1.807, 2.05) is 32.0 Å². The molecule has 1 aliphatic rings. The number of hydrogen-bond donors (Lipinski definition) is 1. The van der Waals surface area contributed by atoms with Gasteiger partial charge in [0.25, 0.3) is 0 Å². The van der Waals surface area contributed by atoms with E-state index in [9.17, 15) is 9.59 Å². The predicted octanol–water partition coefficient (Wildman–Crippen LogP) is 1.81. The van der Waals surface area contributed by atoms with Crippen LogP contribution in [0.15, 0.2) is 18.2 Å². The number of imide groups is 1. The Labute approximate surface area is 102 Å². The second-order valence-corrected chi connectivity index (χ2v) is 5.06. The molecule has 0 radical (unpaired) electrons. The summed E-state index contributed by atoms with van der Waals surface area (Å²) in [7, 11) is 0. The highest BCUT2D eigenvalue weighted by Crippen LogP contribution is 2.30. The first kappa shape index (κ1) is 11.3. The van der Waals surface area contributed by atoms with Crippen LogP contribution in [0.1, 0.15) is 22.6 Å². The van der Waals surface area contributed by atoms with Crippen LogP contribution in [0.5, 0.6) is 0 Å². The van der Waals surface area contributed by atoms with Crippen LogP contribution in [0.3, 0.4) is 0 Å². The Bertz CT molecular complexity index is 470. The smallest absolute Gasteiger partial charge is 0.241 e. The van der Waals surface area contributed by atoms with Crippen molar-refractivity contribution in [1.82, 2.24) is 5.32 Å². The van der Waals surface area contributed by atoms with Crippen molar-refractivity contribution in [1.29, 1.82) is 0 Å². The molecule has 2 rings (SSSR count). The van der Waals surface area contributed by atoms with E-state index >= 15 is 0 Å². The fourth-order valence-corrected chi connectivity index (χ4v) is 2.49. The topological polar surface area (TPSA) is 46.2 Å². The molecule has 0 spiro atoms. The van der Waals surface area contributed by atoms with Crippen molar-refractivity contribution in [3.05, 3.63) is 34.9 Å². The quantitative estimate of drug-likeness (QED) is 0.630. The molecular formula is C12H12BrNO2. The second kappa shape index (κ2) is 4.01. The number of benzene rings is 1. The number of carbonyl (C=O) groups excluding carboxylic acids is 2. The Hall–Kier alpha value is -1.16. The van der Waals surface area contributed by atoms with E-state index in [1.54, 1.807) is 0 Å². The van der Waals surface area contributed by atoms with E-state index in [1.165, 1.54) is 5.56 Å². The highest BCUT2D eigenvalue weighted by atomic mass is 79.9. The summed E-state index contributed by atoms with van der Waals surface area (Å²) < 4.78 is 0. The number of halogens is 1. The van der Waals surface area contributed by atoms with Crippen LogP contribution in [-0.4, -0.2) is 16.6 Å². The number of carbonyl (C=O) groups is 2. The van der Waals surface area contributed by atoms with Crippen molar-refractivity contribution < 1.29 is 9.59 Å². The van der Waals surface area contributed by atoms with Gasteiger partial charge in [0.05, 0.1) is 5.92 Å². The number of amides is 2. The van der Waals surface area contributed by atoms with Crippen LogP contribution >= 0.6 is 15.9 Å². The first-order chi connectivity index (χ1) is 7.50. The minimum absolute atomic E-state index is 0.227. The lowest BCUT2D eigenvalue weighted by Crippen LogP contribution is -2.22. The number of nitrogens with one attached hydrogen (secondary N) is 1. The Kier molecular flexibility index (Phi) is 2.84. The lowest BCUT2D eigenvalue weighted by atomic mass is 9.94. The molecule has 0 bridgehead atoms. The van der Waals surface area contributed by atoms with Crippen LogP contribution in [0.2, 0.25) is 0 Å². The average molecular weight is 282 g/mol. The molecule has 1 aliphatic heterocycles. The summed E-state index contributed by atoms with van der Waals surface area (Å²) in [5, 5.41) is 2.32. The molecule has 0 aromatic heterocycles. The van der Waals surface area contributed by atoms with E-state index in [0.29, 0.717) is 0 Å². The van der Waals surface area contributed by atoms with E-state index in [-0.39, 0.29) is 11.8 Å². The van der Waals surface area contributed by atoms with Crippen molar-refractivity contribution in [3.8, 4) is 0 Å². The van der Waals surface area contributed by atoms with Gasteiger partial charge in [-0.1, -0.05) is 34.1 Å². The number of rotatable bonds is 1. The molecule has 1 fully saturated rings. The normalized spacial score (nSPS) is 24.7. The van der Waals surface area contributed by atoms with E-state index < -0.39 is 10.7 Å². The van der Waals surface area contributed by atoms with Crippen LogP contribution < -0.4 is 5.32 Å². The first-order valence-corrected chi connectivity index (χ1v) is 5.98. The van der Waals surface area contributed by atoms with Gasteiger partial charge in [-0.2, -0.15) is 0 Å². The molecule has 1 N–H and O–H groups in total. The molecule has 3 nitrogen and oxygen atoms in total. The maximum absolute atomic E-state index is 11.6. The van der Waals surface area contributed by atoms with Gasteiger partial charge in [-0.15, -0.1) is 0 Å². The maximum Gasteiger partial charge on any atom is 0.241 e. The predicted molar refractivity (Wildman–Crippen MR) is 64.5 cm³/mol. The third-order valence-electron chi connectivity index (χ3n) is 2.96. The van der Waals surface area contributed by atoms with Gasteiger partial charge in [-0.05, 0) is 30.5 Å². The molecule has 4 heteroatoms. The first-order valence-electron chi connectivity index (χ1n) is 5.06. The van der Waals surface area contributed by atoms with Crippen LogP contribution in [-0.2, 0) is 9.59 Å². The van der Waals surface area contributed by atoms with Crippen molar-refractivity contribution in [2.24, 2.45) is 0 Å². The zero-order valence-corrected chi connectivity index (χ0v) is 10.7. The summed E-state index contributed by atoms with van der Waals surface area (Å²) in [4.78, 5) is 22.5. The van der Waals surface area contributed by atoms with Crippen LogP contribution in [0.25, 0.3) is 0 Å². The van der Waals surface area contributed by atoms with Gasteiger partial charge in [0.2, 0.25) is 11.8 Å². The van der Waals surface area contributed by atoms with E-state index in [4.69, 9.17) is 0 Å². The Morgan fingerprint density at radius 1 is 1.12 bits per heavy atom. The van der Waals surface area contributed by atoms with Gasteiger partial charge < -0.3 is 0 Å². The minimum Gasteiger partial charge on any atom is -0.295 e. The van der Waals surface area contributed by atoms with Crippen molar-refractivity contribution in [2.45, 2.75) is 24.6 Å². The standard InChI is InChI=1S/C12H12BrNO2/c1-6-3-4-8(5-7(6)2)9-10(13)12(16)14-11(9)15/h3-5,9-10H,1-2H3,(H,14,15,16). The molecule has 1 aromatic rings. The summed E-state index contributed by atoms with van der Waals surface area (Å²) in [6, 6.07) is 5.84. The minimum atomic E-state index is -0.456. The molecule has 2 amide bonds. The van der Waals surface area contributed by atoms with Gasteiger partial charge in [0, 0.05) is 0 Å². The Morgan fingerprint density at radius 3 is 2.31 bits per heavy atom. The molecule has 16 heavy (non-hydrogen) atoms. The van der Waals surface area contributed by atoms with Crippen molar-refractivity contribution >= 4 is 27.7 Å². The third kappa shape index (κ3) is 1.78. The lowest BCUT2D eigenvalue weighted by Gasteiger charge is -2.12. The van der Waals surface area contributed by atoms with E-state index in [2.05, 4.69) is 21.2 Å². The monoisotopic (exact) mass is 281 g/mol. The molecule has 84 valence electrons. The number of hydrogen-bond acceptors (Lipinski definition) is 2. The lowest BCUT2D eigenvalue weighted by molar-refractivity contribution is -0.125. The molecule has 1 saturated heterocycles. The molecular weight excluding hydrogens is 270 g/mol. The molecule has 1 heterocycles. The van der Waals surface area contributed by atoms with Crippen LogP contribution in [0, 0.1) is 13.8 Å². The van der Waals surface area contributed by atoms with Crippen molar-refractivity contribution in [2.75, 3.05) is 0 Å². The van der Waals surface area contributed by atoms with E-state index in [0.717, 1.165) is 11.1 Å². The SMILES string of the molecule is Cc1ccc(C2C(=O)NC(=O)C2Br)cc1C. The summed E-state index contributed by atoms with van der Waals surface area (Å²) >= 11 is 3.26. The highest BCUT2D eigenvalue weighted by Gasteiger charge is 2.40. The molecule has 2 atom stereocenters. The summed E-state index contributed by atoms with van der Waals surface area (Å²) in [5.74, 6) is -0.893. The zero-order chi connectivity index (χ0) is 11.9. The number of aryl methyl sites for hydroxylation is 2. The fourth-order valence-electron chi connectivity index (χ4n) is 1.83. The maximum atomic E-state index is 11.6. The number of alkyl halides is 1. The van der Waals surface area contributed by atoms with Gasteiger partial charge >= 0.3 is 0 Å². The Balaban J connectivity index is 2.40. The molecule has 0 aliphatic carbocycles. The van der Waals surface area contributed by atoms with Gasteiger partial charge in [0.1, 0.15) is 4.83 Å². The third-order valence-corrected chi connectivity index (χ3v) is 3.91. The summed E-state index contributed by atoms with van der Waals surface area (Å²) in [6.45, 7) is 4.02. The highest BCUT2D eigenvalue weighted by molar-refractivity contribution is 9.10. The Morgan fingerprint density at radius 2 is 1.81 bits per heavy atom. The fraction of sp³-hybridized carbons (Fsp3) is 0.333. The molecule has 0 saturated carbocycles. The average Bonchev–Trinajstić information content (AvgIpc) is 2.47. The van der Waals surface area contributed by atoms with Crippen LogP contribution in [0.4, 0.5) is 0 Å². The van der Waals surface area contributed by atoms with Gasteiger partial charge in [-0.3, -0.25) is 14.9 Å². The largest absolute Gasteiger partial charge is 0.295 e. The second-order valence-electron chi connectivity index (χ2n) is 4.08.